The predicted molar refractivity (Wildman–Crippen MR) is 74.5 cm³/mol. The molecule has 0 aromatic carbocycles. The van der Waals surface area contributed by atoms with Gasteiger partial charge in [0.15, 0.2) is 0 Å². The van der Waals surface area contributed by atoms with Gasteiger partial charge in [-0.15, -0.1) is 0 Å². The van der Waals surface area contributed by atoms with Crippen LogP contribution in [-0.4, -0.2) is 50.5 Å². The third-order valence-electron chi connectivity index (χ3n) is 2.07. The maximum atomic E-state index is 8.78. The molecular weight excluding hydrogens is 234 g/mol. The Balaban J connectivity index is 0. The lowest BCUT2D eigenvalue weighted by Crippen LogP contribution is -2.22. The Morgan fingerprint density at radius 1 is 0.833 bits per heavy atom. The van der Waals surface area contributed by atoms with Crippen LogP contribution >= 0.6 is 0 Å². The van der Waals surface area contributed by atoms with Crippen LogP contribution in [0.25, 0.3) is 0 Å². The normalized spacial score (nSPS) is 9.67. The summed E-state index contributed by atoms with van der Waals surface area (Å²) in [5, 5.41) is 13.9. The maximum Gasteiger partial charge on any atom is 0.402 e. The van der Waals surface area contributed by atoms with E-state index in [9.17, 15) is 0 Å². The lowest BCUT2D eigenvalue weighted by molar-refractivity contribution is 0.205. The van der Waals surface area contributed by atoms with Crippen LogP contribution < -0.4 is 27.8 Å². The van der Waals surface area contributed by atoms with Crippen molar-refractivity contribution in [2.45, 2.75) is 25.7 Å². The molecule has 7 heteroatoms. The summed E-state index contributed by atoms with van der Waals surface area (Å²) in [7, 11) is 0. The van der Waals surface area contributed by atoms with Crippen LogP contribution in [0, 0.1) is 0 Å². The number of carbonyl (C=O) groups is 1. The van der Waals surface area contributed by atoms with Gasteiger partial charge in [0.25, 0.3) is 0 Å². The summed E-state index contributed by atoms with van der Waals surface area (Å²) in [4.78, 5) is 8.78. The fourth-order valence-electron chi connectivity index (χ4n) is 1.20. The van der Waals surface area contributed by atoms with E-state index < -0.39 is 6.09 Å². The molecule has 0 spiro atoms. The molecule has 0 aromatic rings. The highest BCUT2D eigenvalue weighted by Crippen LogP contribution is 1.84. The molecule has 110 valence electrons. The van der Waals surface area contributed by atoms with Crippen LogP contribution in [-0.2, 0) is 0 Å². The Labute approximate surface area is 109 Å². The monoisotopic (exact) mass is 263 g/mol. The zero-order valence-electron chi connectivity index (χ0n) is 11.2. The van der Waals surface area contributed by atoms with Crippen LogP contribution in [0.3, 0.4) is 0 Å². The first-order valence-corrected chi connectivity index (χ1v) is 6.45. The van der Waals surface area contributed by atoms with Crippen molar-refractivity contribution in [2.24, 2.45) is 17.2 Å². The number of unbranched alkanes of at least 4 members (excludes halogenated alkanes) is 1. The second-order valence-corrected chi connectivity index (χ2v) is 3.83. The van der Waals surface area contributed by atoms with E-state index in [1.807, 2.05) is 0 Å². The van der Waals surface area contributed by atoms with Crippen molar-refractivity contribution in [3.63, 3.8) is 0 Å². The summed E-state index contributed by atoms with van der Waals surface area (Å²) >= 11 is 0. The Morgan fingerprint density at radius 2 is 1.11 bits per heavy atom. The standard InChI is InChI=1S/C10H26N4.CH3NO2/c11-5-3-9-13-7-1-2-8-14-10-4-6-12;2-1(3)4/h13-14H,1-12H2;2H2,(H,3,4). The van der Waals surface area contributed by atoms with Gasteiger partial charge >= 0.3 is 6.09 Å². The number of hydrogen-bond acceptors (Lipinski definition) is 5. The van der Waals surface area contributed by atoms with Gasteiger partial charge in [-0.3, -0.25) is 0 Å². The van der Waals surface area contributed by atoms with Crippen LogP contribution in [0.4, 0.5) is 4.79 Å². The molecule has 0 fully saturated rings. The Kier molecular flexibility index (Phi) is 20.0. The number of nitrogens with two attached hydrogens (primary N) is 3. The molecule has 1 amide bonds. The van der Waals surface area contributed by atoms with E-state index >= 15 is 0 Å². The highest BCUT2D eigenvalue weighted by molar-refractivity contribution is 5.61. The molecule has 0 aliphatic rings. The SMILES string of the molecule is NC(=O)O.NCCCNCCCCNCCCN. The maximum absolute atomic E-state index is 8.78. The largest absolute Gasteiger partial charge is 0.465 e. The molecule has 0 saturated heterocycles. The highest BCUT2D eigenvalue weighted by Gasteiger charge is 1.89. The van der Waals surface area contributed by atoms with Crippen LogP contribution in [0.15, 0.2) is 0 Å². The summed E-state index contributed by atoms with van der Waals surface area (Å²) in [5.41, 5.74) is 14.8. The van der Waals surface area contributed by atoms with Crippen molar-refractivity contribution in [3.05, 3.63) is 0 Å². The van der Waals surface area contributed by atoms with Crippen LogP contribution in [0.5, 0.6) is 0 Å². The van der Waals surface area contributed by atoms with Crippen molar-refractivity contribution >= 4 is 6.09 Å². The summed E-state index contributed by atoms with van der Waals surface area (Å²) in [6, 6.07) is 0. The quantitative estimate of drug-likeness (QED) is 0.272. The molecule has 7 nitrogen and oxygen atoms in total. The molecule has 0 aliphatic carbocycles. The number of amides is 1. The molecule has 0 radical (unpaired) electrons. The molecule has 0 atom stereocenters. The average Bonchev–Trinajstić information content (AvgIpc) is 2.31. The first-order valence-electron chi connectivity index (χ1n) is 6.45. The third kappa shape index (κ3) is 29.4. The molecule has 0 heterocycles. The van der Waals surface area contributed by atoms with Gasteiger partial charge in [0.2, 0.25) is 0 Å². The summed E-state index contributed by atoms with van der Waals surface area (Å²) in [6.45, 7) is 5.90. The van der Waals surface area contributed by atoms with E-state index in [0.717, 1.165) is 52.1 Å². The minimum Gasteiger partial charge on any atom is -0.465 e. The van der Waals surface area contributed by atoms with E-state index in [1.54, 1.807) is 0 Å². The molecule has 9 N–H and O–H groups in total. The van der Waals surface area contributed by atoms with Gasteiger partial charge in [0.1, 0.15) is 0 Å². The van der Waals surface area contributed by atoms with Crippen LogP contribution in [0.2, 0.25) is 0 Å². The second kappa shape index (κ2) is 18.5. The van der Waals surface area contributed by atoms with E-state index in [1.165, 1.54) is 12.8 Å². The van der Waals surface area contributed by atoms with Gasteiger partial charge in [0, 0.05) is 0 Å². The fraction of sp³-hybridized carbons (Fsp3) is 0.909. The van der Waals surface area contributed by atoms with Gasteiger partial charge in [-0.05, 0) is 65.0 Å². The number of rotatable bonds is 11. The van der Waals surface area contributed by atoms with Gasteiger partial charge in [0.05, 0.1) is 0 Å². The number of hydrogen-bond donors (Lipinski definition) is 6. The Morgan fingerprint density at radius 3 is 1.39 bits per heavy atom. The van der Waals surface area contributed by atoms with Crippen molar-refractivity contribution in [1.82, 2.24) is 10.6 Å². The van der Waals surface area contributed by atoms with Crippen molar-refractivity contribution in [1.29, 1.82) is 0 Å². The number of nitrogens with one attached hydrogen (secondary N) is 2. The third-order valence-corrected chi connectivity index (χ3v) is 2.07. The van der Waals surface area contributed by atoms with Gasteiger partial charge in [-0.25, -0.2) is 4.79 Å². The van der Waals surface area contributed by atoms with Crippen LogP contribution in [0.1, 0.15) is 25.7 Å². The van der Waals surface area contributed by atoms with E-state index in [2.05, 4.69) is 16.4 Å². The first-order chi connectivity index (χ1) is 8.65. The van der Waals surface area contributed by atoms with E-state index in [0.29, 0.717) is 0 Å². The van der Waals surface area contributed by atoms with E-state index in [-0.39, 0.29) is 0 Å². The first kappa shape index (κ1) is 19.4. The van der Waals surface area contributed by atoms with Gasteiger partial charge < -0.3 is 32.9 Å². The lowest BCUT2D eigenvalue weighted by atomic mass is 10.3. The molecular formula is C11H29N5O2. The highest BCUT2D eigenvalue weighted by atomic mass is 16.4. The number of carboxylic acid groups (broad SMARTS) is 1. The molecule has 18 heavy (non-hydrogen) atoms. The molecule has 0 aliphatic heterocycles. The minimum absolute atomic E-state index is 0.785. The second-order valence-electron chi connectivity index (χ2n) is 3.83. The minimum atomic E-state index is -1.33. The lowest BCUT2D eigenvalue weighted by Gasteiger charge is -2.04. The van der Waals surface area contributed by atoms with Gasteiger partial charge in [-0.1, -0.05) is 0 Å². The molecule has 0 aromatic heterocycles. The number of primary amides is 1. The fourth-order valence-corrected chi connectivity index (χ4v) is 1.20. The topological polar surface area (TPSA) is 139 Å². The smallest absolute Gasteiger partial charge is 0.402 e. The molecule has 0 saturated carbocycles. The zero-order valence-corrected chi connectivity index (χ0v) is 11.2. The van der Waals surface area contributed by atoms with Gasteiger partial charge in [-0.2, -0.15) is 0 Å². The van der Waals surface area contributed by atoms with E-state index in [4.69, 9.17) is 21.4 Å². The summed E-state index contributed by atoms with van der Waals surface area (Å²) in [6.07, 6.45) is 3.30. The van der Waals surface area contributed by atoms with Crippen molar-refractivity contribution < 1.29 is 9.90 Å². The Hall–Kier alpha value is -0.890. The molecule has 0 bridgehead atoms. The van der Waals surface area contributed by atoms with Crippen molar-refractivity contribution in [3.8, 4) is 0 Å². The summed E-state index contributed by atoms with van der Waals surface area (Å²) < 4.78 is 0. The predicted octanol–water partition coefficient (Wildman–Crippen LogP) is -0.733. The Bertz CT molecular complexity index is 154. The zero-order chi connectivity index (χ0) is 14.1. The average molecular weight is 263 g/mol. The summed E-state index contributed by atoms with van der Waals surface area (Å²) in [5.74, 6) is 0. The molecule has 0 unspecified atom stereocenters. The molecule has 0 rings (SSSR count). The van der Waals surface area contributed by atoms with Crippen molar-refractivity contribution in [2.75, 3.05) is 39.3 Å².